The number of nitrogens with zero attached hydrogens (tertiary/aromatic N) is 2. The van der Waals surface area contributed by atoms with E-state index in [1.165, 1.54) is 0 Å². The van der Waals surface area contributed by atoms with E-state index in [0.29, 0.717) is 18.1 Å². The summed E-state index contributed by atoms with van der Waals surface area (Å²) in [5.74, 6) is 0.279. The first kappa shape index (κ1) is 20.8. The summed E-state index contributed by atoms with van der Waals surface area (Å²) in [5.41, 5.74) is 1.49. The Hall–Kier alpha value is -2.90. The Morgan fingerprint density at radius 1 is 1.07 bits per heavy atom. The van der Waals surface area contributed by atoms with Crippen LogP contribution >= 0.6 is 0 Å². The lowest BCUT2D eigenvalue weighted by molar-refractivity contribution is 0.0616. The molecule has 0 bridgehead atoms. The Kier molecular flexibility index (Phi) is 6.51. The molecule has 29 heavy (non-hydrogen) atoms. The van der Waals surface area contributed by atoms with Gasteiger partial charge in [-0.05, 0) is 30.3 Å². The largest absolute Gasteiger partial charge is 0.475 e. The molecule has 3 aromatic rings. The summed E-state index contributed by atoms with van der Waals surface area (Å²) in [4.78, 5) is 15.7. The predicted octanol–water partition coefficient (Wildman–Crippen LogP) is 5.35. The molecule has 0 amide bonds. The minimum absolute atomic E-state index is 0.0395. The van der Waals surface area contributed by atoms with Crippen LogP contribution in [0.4, 0.5) is 0 Å². The van der Waals surface area contributed by atoms with E-state index in [2.05, 4.69) is 24.6 Å². The van der Waals surface area contributed by atoms with Crippen molar-refractivity contribution in [2.75, 3.05) is 6.61 Å². The van der Waals surface area contributed by atoms with Crippen LogP contribution in [0.3, 0.4) is 0 Å². The second-order valence-electron chi connectivity index (χ2n) is 7.99. The number of ether oxygens (including phenoxy) is 2. The molecular formula is C22H26N2O4Si. The first-order valence-electron chi connectivity index (χ1n) is 9.53. The number of carboxylic acids is 1. The highest BCUT2D eigenvalue weighted by Crippen LogP contribution is 2.28. The molecule has 152 valence electrons. The fraction of sp³-hybridized carbons (Fsp3) is 0.273. The molecule has 0 radical (unpaired) electrons. The lowest BCUT2D eigenvalue weighted by atomic mass is 10.1. The summed E-state index contributed by atoms with van der Waals surface area (Å²) in [6, 6.07) is 18.0. The number of benzene rings is 2. The fourth-order valence-electron chi connectivity index (χ4n) is 2.79. The summed E-state index contributed by atoms with van der Waals surface area (Å²) in [6.07, 6.45) is 1.56. The van der Waals surface area contributed by atoms with Crippen LogP contribution in [-0.4, -0.2) is 35.3 Å². The third kappa shape index (κ3) is 5.79. The molecule has 7 heteroatoms. The Labute approximate surface area is 171 Å². The maximum atomic E-state index is 11.6. The highest BCUT2D eigenvalue weighted by Gasteiger charge is 2.18. The van der Waals surface area contributed by atoms with Gasteiger partial charge < -0.3 is 14.6 Å². The van der Waals surface area contributed by atoms with Crippen LogP contribution in [0.2, 0.25) is 25.7 Å². The molecule has 0 aliphatic carbocycles. The highest BCUT2D eigenvalue weighted by atomic mass is 28.3. The van der Waals surface area contributed by atoms with Crippen molar-refractivity contribution in [3.63, 3.8) is 0 Å². The number of aromatic carboxylic acids is 1. The minimum atomic E-state index is -1.22. The standard InChI is InChI=1S/C22H26N2O4Si/c1-29(2,3)13-12-27-16-24-20(15-23-21(24)22(25)26)17-8-7-11-19(14-17)28-18-9-5-4-6-10-18/h4-11,14-15H,12-13,16H2,1-3H3,(H,25,26). The summed E-state index contributed by atoms with van der Waals surface area (Å²) >= 11 is 0. The Bertz CT molecular complexity index is 964. The van der Waals surface area contributed by atoms with Crippen molar-refractivity contribution in [3.8, 4) is 22.8 Å². The smallest absolute Gasteiger partial charge is 0.372 e. The van der Waals surface area contributed by atoms with Crippen molar-refractivity contribution in [3.05, 3.63) is 66.6 Å². The van der Waals surface area contributed by atoms with E-state index in [4.69, 9.17) is 9.47 Å². The van der Waals surface area contributed by atoms with Crippen LogP contribution in [0, 0.1) is 0 Å². The van der Waals surface area contributed by atoms with Gasteiger partial charge >= 0.3 is 5.97 Å². The lowest BCUT2D eigenvalue weighted by Crippen LogP contribution is -2.22. The maximum Gasteiger partial charge on any atom is 0.372 e. The van der Waals surface area contributed by atoms with E-state index in [9.17, 15) is 9.90 Å². The van der Waals surface area contributed by atoms with Crippen molar-refractivity contribution in [1.29, 1.82) is 0 Å². The van der Waals surface area contributed by atoms with E-state index in [0.717, 1.165) is 17.4 Å². The summed E-state index contributed by atoms with van der Waals surface area (Å²) in [7, 11) is -1.22. The van der Waals surface area contributed by atoms with Gasteiger partial charge in [-0.15, -0.1) is 0 Å². The van der Waals surface area contributed by atoms with Gasteiger partial charge in [-0.2, -0.15) is 0 Å². The Morgan fingerprint density at radius 3 is 2.48 bits per heavy atom. The third-order valence-electron chi connectivity index (χ3n) is 4.37. The van der Waals surface area contributed by atoms with Gasteiger partial charge in [0.1, 0.15) is 18.2 Å². The van der Waals surface area contributed by atoms with Gasteiger partial charge in [-0.3, -0.25) is 4.57 Å². The second kappa shape index (κ2) is 9.06. The predicted molar refractivity (Wildman–Crippen MR) is 115 cm³/mol. The van der Waals surface area contributed by atoms with Crippen molar-refractivity contribution in [2.45, 2.75) is 32.4 Å². The normalized spacial score (nSPS) is 11.4. The molecule has 0 aliphatic heterocycles. The van der Waals surface area contributed by atoms with E-state index in [1.54, 1.807) is 10.8 Å². The number of aromatic nitrogens is 2. The van der Waals surface area contributed by atoms with E-state index >= 15 is 0 Å². The molecule has 1 N–H and O–H groups in total. The number of carboxylic acid groups (broad SMARTS) is 1. The molecule has 3 rings (SSSR count). The Morgan fingerprint density at radius 2 is 1.79 bits per heavy atom. The van der Waals surface area contributed by atoms with E-state index in [-0.39, 0.29) is 12.6 Å². The van der Waals surface area contributed by atoms with E-state index in [1.807, 2.05) is 54.6 Å². The summed E-state index contributed by atoms with van der Waals surface area (Å²) < 4.78 is 13.3. The number of carbonyl (C=O) groups is 1. The molecule has 0 unspecified atom stereocenters. The zero-order valence-corrected chi connectivity index (χ0v) is 18.0. The molecule has 0 spiro atoms. The number of rotatable bonds is 9. The molecular weight excluding hydrogens is 384 g/mol. The molecule has 0 saturated carbocycles. The average molecular weight is 411 g/mol. The van der Waals surface area contributed by atoms with Crippen LogP contribution in [0.1, 0.15) is 10.6 Å². The van der Waals surface area contributed by atoms with Gasteiger partial charge in [-0.25, -0.2) is 9.78 Å². The first-order valence-corrected chi connectivity index (χ1v) is 13.2. The fourth-order valence-corrected chi connectivity index (χ4v) is 3.54. The van der Waals surface area contributed by atoms with Gasteiger partial charge in [0, 0.05) is 20.2 Å². The number of hydrogen-bond donors (Lipinski definition) is 1. The lowest BCUT2D eigenvalue weighted by Gasteiger charge is -2.17. The monoisotopic (exact) mass is 410 g/mol. The molecule has 0 aliphatic rings. The van der Waals surface area contributed by atoms with Gasteiger partial charge in [0.05, 0.1) is 11.9 Å². The van der Waals surface area contributed by atoms with Gasteiger partial charge in [-0.1, -0.05) is 50.0 Å². The van der Waals surface area contributed by atoms with Crippen molar-refractivity contribution in [2.24, 2.45) is 0 Å². The number of para-hydroxylation sites is 1. The van der Waals surface area contributed by atoms with E-state index < -0.39 is 14.0 Å². The van der Waals surface area contributed by atoms with Crippen molar-refractivity contribution >= 4 is 14.0 Å². The summed E-state index contributed by atoms with van der Waals surface area (Å²) in [6.45, 7) is 7.58. The average Bonchev–Trinajstić information content (AvgIpc) is 3.10. The maximum absolute atomic E-state index is 11.6. The highest BCUT2D eigenvalue weighted by molar-refractivity contribution is 6.76. The number of imidazole rings is 1. The van der Waals surface area contributed by atoms with Crippen LogP contribution in [0.5, 0.6) is 11.5 Å². The molecule has 2 aromatic carbocycles. The quantitative estimate of drug-likeness (QED) is 0.380. The molecule has 0 fully saturated rings. The van der Waals surface area contributed by atoms with Crippen LogP contribution in [0.25, 0.3) is 11.3 Å². The zero-order chi connectivity index (χ0) is 20.9. The summed E-state index contributed by atoms with van der Waals surface area (Å²) in [5, 5.41) is 9.50. The molecule has 0 saturated heterocycles. The van der Waals surface area contributed by atoms with Crippen molar-refractivity contribution < 1.29 is 19.4 Å². The second-order valence-corrected chi connectivity index (χ2v) is 13.6. The third-order valence-corrected chi connectivity index (χ3v) is 6.08. The molecule has 0 atom stereocenters. The Balaban J connectivity index is 1.82. The van der Waals surface area contributed by atoms with Crippen molar-refractivity contribution in [1.82, 2.24) is 9.55 Å². The molecule has 1 heterocycles. The van der Waals surface area contributed by atoms with Crippen LogP contribution in [0.15, 0.2) is 60.8 Å². The minimum Gasteiger partial charge on any atom is -0.475 e. The van der Waals surface area contributed by atoms with Gasteiger partial charge in [0.25, 0.3) is 0 Å². The van der Waals surface area contributed by atoms with Gasteiger partial charge in [0.15, 0.2) is 0 Å². The van der Waals surface area contributed by atoms with Gasteiger partial charge in [0.2, 0.25) is 5.82 Å². The number of hydrogen-bond acceptors (Lipinski definition) is 4. The van der Waals surface area contributed by atoms with Crippen LogP contribution in [-0.2, 0) is 11.5 Å². The first-order chi connectivity index (χ1) is 13.8. The van der Waals surface area contributed by atoms with Crippen LogP contribution < -0.4 is 4.74 Å². The topological polar surface area (TPSA) is 73.6 Å². The molecule has 1 aromatic heterocycles. The zero-order valence-electron chi connectivity index (χ0n) is 17.0. The molecule has 6 nitrogen and oxygen atoms in total. The SMILES string of the molecule is C[Si](C)(C)CCOCn1c(-c2cccc(Oc3ccccc3)c2)cnc1C(=O)O.